The molecular weight excluding hydrogens is 342 g/mol. The Morgan fingerprint density at radius 2 is 1.92 bits per heavy atom. The molecule has 0 aliphatic heterocycles. The van der Waals surface area contributed by atoms with Crippen molar-refractivity contribution in [2.24, 2.45) is 16.8 Å². The largest absolute Gasteiger partial charge is 0.486 e. The third-order valence-corrected chi connectivity index (χ3v) is 3.16. The molecule has 0 heterocycles. The van der Waals surface area contributed by atoms with E-state index in [-0.39, 0.29) is 38.1 Å². The molecule has 0 atom stereocenters. The number of hydrogen-bond donors (Lipinski definition) is 2. The van der Waals surface area contributed by atoms with Gasteiger partial charge in [-0.1, -0.05) is 31.1 Å². The maximum absolute atomic E-state index is 12.2. The number of benzene rings is 1. The van der Waals surface area contributed by atoms with E-state index in [0.29, 0.717) is 5.75 Å². The van der Waals surface area contributed by atoms with E-state index in [2.05, 4.69) is 9.89 Å². The van der Waals surface area contributed by atoms with Crippen molar-refractivity contribution in [1.29, 1.82) is 0 Å². The predicted octanol–water partition coefficient (Wildman–Crippen LogP) is 1.58. The highest BCUT2D eigenvalue weighted by molar-refractivity contribution is 5.81. The Morgan fingerprint density at radius 1 is 1.27 bits per heavy atom. The van der Waals surface area contributed by atoms with Crippen LogP contribution in [0, 0.1) is 5.92 Å². The van der Waals surface area contributed by atoms with E-state index in [1.165, 1.54) is 12.0 Å². The van der Waals surface area contributed by atoms with Crippen molar-refractivity contribution in [3.63, 3.8) is 0 Å². The second kappa shape index (κ2) is 10.8. The standard InChI is InChI=1S/C17H25N3O6/c1-12(2)10-26-17(22)20(9-16(21)24-3)8-13-4-6-14(7-5-13)25-11-15(18)19-23/h4-7,12,23H,8-11H2,1-3H3,(H2,18,19). The number of carbonyl (C=O) groups is 2. The number of rotatable bonds is 9. The molecule has 144 valence electrons. The smallest absolute Gasteiger partial charge is 0.410 e. The van der Waals surface area contributed by atoms with Crippen LogP contribution in [0.15, 0.2) is 29.4 Å². The zero-order valence-corrected chi connectivity index (χ0v) is 15.2. The van der Waals surface area contributed by atoms with Gasteiger partial charge in [0.1, 0.15) is 18.9 Å². The lowest BCUT2D eigenvalue weighted by molar-refractivity contribution is -0.141. The van der Waals surface area contributed by atoms with E-state index >= 15 is 0 Å². The summed E-state index contributed by atoms with van der Waals surface area (Å²) >= 11 is 0. The van der Waals surface area contributed by atoms with Crippen molar-refractivity contribution in [1.82, 2.24) is 4.90 Å². The van der Waals surface area contributed by atoms with Gasteiger partial charge in [0, 0.05) is 6.54 Å². The Bertz CT molecular complexity index is 615. The molecule has 3 N–H and O–H groups in total. The molecule has 9 heteroatoms. The maximum atomic E-state index is 12.2. The summed E-state index contributed by atoms with van der Waals surface area (Å²) in [4.78, 5) is 25.0. The van der Waals surface area contributed by atoms with Crippen LogP contribution in [-0.2, 0) is 20.8 Å². The molecule has 9 nitrogen and oxygen atoms in total. The Balaban J connectivity index is 2.73. The van der Waals surface area contributed by atoms with Gasteiger partial charge in [-0.25, -0.2) is 4.79 Å². The molecule has 0 aliphatic carbocycles. The highest BCUT2D eigenvalue weighted by atomic mass is 16.6. The number of carbonyl (C=O) groups excluding carboxylic acids is 2. The molecule has 1 amide bonds. The number of oxime groups is 1. The van der Waals surface area contributed by atoms with Crippen LogP contribution in [0.4, 0.5) is 4.79 Å². The van der Waals surface area contributed by atoms with Crippen molar-refractivity contribution in [2.45, 2.75) is 20.4 Å². The van der Waals surface area contributed by atoms with E-state index < -0.39 is 12.1 Å². The monoisotopic (exact) mass is 367 g/mol. The number of nitrogens with zero attached hydrogens (tertiary/aromatic N) is 2. The molecule has 0 saturated heterocycles. The molecule has 0 unspecified atom stereocenters. The van der Waals surface area contributed by atoms with Crippen molar-refractivity contribution in [2.75, 3.05) is 26.9 Å². The van der Waals surface area contributed by atoms with Crippen molar-refractivity contribution >= 4 is 17.9 Å². The van der Waals surface area contributed by atoms with Gasteiger partial charge < -0.3 is 25.2 Å². The van der Waals surface area contributed by atoms with E-state index in [4.69, 9.17) is 20.4 Å². The van der Waals surface area contributed by atoms with Crippen LogP contribution in [0.3, 0.4) is 0 Å². The zero-order chi connectivity index (χ0) is 19.5. The van der Waals surface area contributed by atoms with Gasteiger partial charge in [0.25, 0.3) is 0 Å². The SMILES string of the molecule is COC(=O)CN(Cc1ccc(OC/C(N)=N/O)cc1)C(=O)OCC(C)C. The number of amidine groups is 1. The molecule has 0 aliphatic rings. The van der Waals surface area contributed by atoms with Gasteiger partial charge in [-0.3, -0.25) is 9.69 Å². The Hall–Kier alpha value is -2.97. The molecule has 26 heavy (non-hydrogen) atoms. The topological polar surface area (TPSA) is 124 Å². The molecule has 1 rings (SSSR count). The van der Waals surface area contributed by atoms with E-state index in [1.54, 1.807) is 24.3 Å². The summed E-state index contributed by atoms with van der Waals surface area (Å²) in [6.07, 6.45) is -0.587. The van der Waals surface area contributed by atoms with Crippen LogP contribution in [0.2, 0.25) is 0 Å². The minimum absolute atomic E-state index is 0.0498. The molecule has 0 aromatic heterocycles. The van der Waals surface area contributed by atoms with Gasteiger partial charge >= 0.3 is 12.1 Å². The Kier molecular flexibility index (Phi) is 8.76. The van der Waals surface area contributed by atoms with Gasteiger partial charge in [-0.05, 0) is 23.6 Å². The maximum Gasteiger partial charge on any atom is 0.410 e. The summed E-state index contributed by atoms with van der Waals surface area (Å²) in [7, 11) is 1.26. The van der Waals surface area contributed by atoms with Crippen LogP contribution in [0.1, 0.15) is 19.4 Å². The highest BCUT2D eigenvalue weighted by Crippen LogP contribution is 2.14. The fraction of sp³-hybridized carbons (Fsp3) is 0.471. The van der Waals surface area contributed by atoms with Gasteiger partial charge in [0.15, 0.2) is 5.84 Å². The lowest BCUT2D eigenvalue weighted by Crippen LogP contribution is -2.36. The van der Waals surface area contributed by atoms with Crippen molar-refractivity contribution in [3.8, 4) is 5.75 Å². The third kappa shape index (κ3) is 7.73. The summed E-state index contributed by atoms with van der Waals surface area (Å²) in [6, 6.07) is 6.83. The molecule has 1 aromatic rings. The van der Waals surface area contributed by atoms with Crippen LogP contribution in [-0.4, -0.2) is 54.9 Å². The lowest BCUT2D eigenvalue weighted by Gasteiger charge is -2.21. The second-order valence-electron chi connectivity index (χ2n) is 5.93. The van der Waals surface area contributed by atoms with Crippen molar-refractivity contribution in [3.05, 3.63) is 29.8 Å². The fourth-order valence-corrected chi connectivity index (χ4v) is 1.83. The number of methoxy groups -OCH3 is 1. The van der Waals surface area contributed by atoms with Crippen LogP contribution in [0.25, 0.3) is 0 Å². The van der Waals surface area contributed by atoms with Crippen LogP contribution < -0.4 is 10.5 Å². The number of hydrogen-bond acceptors (Lipinski definition) is 7. The van der Waals surface area contributed by atoms with E-state index in [9.17, 15) is 9.59 Å². The molecule has 0 saturated carbocycles. The fourth-order valence-electron chi connectivity index (χ4n) is 1.83. The molecule has 0 fully saturated rings. The summed E-state index contributed by atoms with van der Waals surface area (Å²) < 4.78 is 15.1. The first-order valence-corrected chi connectivity index (χ1v) is 8.02. The second-order valence-corrected chi connectivity index (χ2v) is 5.93. The van der Waals surface area contributed by atoms with Crippen LogP contribution in [0.5, 0.6) is 5.75 Å². The molecule has 0 radical (unpaired) electrons. The first-order valence-electron chi connectivity index (χ1n) is 8.02. The minimum atomic E-state index is -0.587. The summed E-state index contributed by atoms with van der Waals surface area (Å²) in [5.74, 6) is 0.115. The normalized spacial score (nSPS) is 11.2. The molecule has 0 spiro atoms. The van der Waals surface area contributed by atoms with E-state index in [0.717, 1.165) is 5.56 Å². The quantitative estimate of drug-likeness (QED) is 0.223. The summed E-state index contributed by atoms with van der Waals surface area (Å²) in [6.45, 7) is 4.01. The number of esters is 1. The molecule has 0 bridgehead atoms. The Labute approximate surface area is 152 Å². The van der Waals surface area contributed by atoms with Gasteiger partial charge in [0.2, 0.25) is 0 Å². The van der Waals surface area contributed by atoms with Crippen molar-refractivity contribution < 1.29 is 29.0 Å². The molecular formula is C17H25N3O6. The number of nitrogens with two attached hydrogens (primary N) is 1. The first kappa shape index (κ1) is 21.1. The average Bonchev–Trinajstić information content (AvgIpc) is 2.64. The number of amides is 1. The molecule has 1 aromatic carbocycles. The van der Waals surface area contributed by atoms with Gasteiger partial charge in [-0.15, -0.1) is 0 Å². The number of ether oxygens (including phenoxy) is 3. The lowest BCUT2D eigenvalue weighted by atomic mass is 10.2. The van der Waals surface area contributed by atoms with E-state index in [1.807, 2.05) is 13.8 Å². The summed E-state index contributed by atoms with van der Waals surface area (Å²) in [5, 5.41) is 11.3. The minimum Gasteiger partial charge on any atom is -0.486 e. The zero-order valence-electron chi connectivity index (χ0n) is 15.2. The third-order valence-electron chi connectivity index (χ3n) is 3.16. The first-order chi connectivity index (χ1) is 12.3. The van der Waals surface area contributed by atoms with Crippen LogP contribution >= 0.6 is 0 Å². The highest BCUT2D eigenvalue weighted by Gasteiger charge is 2.20. The summed E-state index contributed by atoms with van der Waals surface area (Å²) in [5.41, 5.74) is 6.10. The average molecular weight is 367 g/mol. The van der Waals surface area contributed by atoms with Gasteiger partial charge in [0.05, 0.1) is 13.7 Å². The predicted molar refractivity (Wildman–Crippen MR) is 94.0 cm³/mol. The van der Waals surface area contributed by atoms with Gasteiger partial charge in [-0.2, -0.15) is 0 Å². The Morgan fingerprint density at radius 3 is 2.46 bits per heavy atom.